The van der Waals surface area contributed by atoms with Crippen molar-refractivity contribution in [2.45, 2.75) is 96.4 Å². The number of rotatable bonds is 16. The molecule has 0 saturated carbocycles. The van der Waals surface area contributed by atoms with E-state index in [1.165, 1.54) is 5.56 Å². The third kappa shape index (κ3) is 8.26. The minimum absolute atomic E-state index is 0.0476. The molecule has 8 rings (SSSR count). The second kappa shape index (κ2) is 17.5. The summed E-state index contributed by atoms with van der Waals surface area (Å²) in [6, 6.07) is 13.5. The minimum atomic E-state index is -1.04. The number of carbonyl (C=O) groups excluding carboxylic acids is 6. The van der Waals surface area contributed by atoms with Gasteiger partial charge in [0.05, 0.1) is 36.1 Å². The Morgan fingerprint density at radius 1 is 0.967 bits per heavy atom. The number of aryl methyl sites for hydroxylation is 3. The zero-order chi connectivity index (χ0) is 41.9. The maximum atomic E-state index is 13.6. The summed E-state index contributed by atoms with van der Waals surface area (Å²) in [6.07, 6.45) is 8.06. The first-order chi connectivity index (χ1) is 29.1. The van der Waals surface area contributed by atoms with Gasteiger partial charge in [-0.3, -0.25) is 39.0 Å². The highest BCUT2D eigenvalue weighted by molar-refractivity contribution is 6.25. The van der Waals surface area contributed by atoms with E-state index in [1.54, 1.807) is 30.3 Å². The van der Waals surface area contributed by atoms with Crippen LogP contribution in [0.2, 0.25) is 0 Å². The Bertz CT molecular complexity index is 2370. The Hall–Kier alpha value is -6.35. The van der Waals surface area contributed by atoms with E-state index in [0.29, 0.717) is 67.9 Å². The highest BCUT2D eigenvalue weighted by atomic mass is 16.5. The number of imide groups is 2. The fourth-order valence-corrected chi connectivity index (χ4v) is 8.60. The van der Waals surface area contributed by atoms with Crippen molar-refractivity contribution in [3.63, 3.8) is 0 Å². The second-order valence-electron chi connectivity index (χ2n) is 15.8. The summed E-state index contributed by atoms with van der Waals surface area (Å²) in [7, 11) is 0. The van der Waals surface area contributed by atoms with Gasteiger partial charge in [0.1, 0.15) is 17.6 Å². The van der Waals surface area contributed by atoms with Gasteiger partial charge in [-0.05, 0) is 104 Å². The van der Waals surface area contributed by atoms with Crippen molar-refractivity contribution in [3.05, 3.63) is 99.5 Å². The first-order valence-corrected chi connectivity index (χ1v) is 20.8. The van der Waals surface area contributed by atoms with Crippen LogP contribution in [0.1, 0.15) is 117 Å². The number of hydrogen-bond acceptors (Lipinski definition) is 10. The molecule has 312 valence electrons. The molecule has 1 saturated heterocycles. The molecule has 1 aliphatic carbocycles. The van der Waals surface area contributed by atoms with E-state index in [0.717, 1.165) is 65.3 Å². The van der Waals surface area contributed by atoms with Crippen LogP contribution in [0.5, 0.6) is 5.75 Å². The molecule has 1 fully saturated rings. The van der Waals surface area contributed by atoms with Crippen LogP contribution >= 0.6 is 0 Å². The number of aromatic nitrogens is 2. The number of fused-ring (bicyclic) bond motifs is 3. The van der Waals surface area contributed by atoms with Crippen LogP contribution in [0.15, 0.2) is 54.7 Å². The SMILES string of the molecule is Cc1c(CO)cc(C(=O)N[C@@H]2CCc3ccc(-c4cn5c(n4)CCC5)cc32)cc1OCCCNC(=O)CCCCNc1cccc2c1C(=O)N(C1CCC(=O)NC1=O)C2=O. The van der Waals surface area contributed by atoms with E-state index >= 15 is 0 Å². The zero-order valence-corrected chi connectivity index (χ0v) is 33.6. The number of carbonyl (C=O) groups is 6. The number of benzene rings is 3. The molecule has 6 amide bonds. The lowest BCUT2D eigenvalue weighted by Crippen LogP contribution is -2.54. The lowest BCUT2D eigenvalue weighted by atomic mass is 10.0. The lowest BCUT2D eigenvalue weighted by Gasteiger charge is -2.27. The fraction of sp³-hybridized carbons (Fsp3) is 0.400. The van der Waals surface area contributed by atoms with Gasteiger partial charge >= 0.3 is 0 Å². The summed E-state index contributed by atoms with van der Waals surface area (Å²) < 4.78 is 8.30. The van der Waals surface area contributed by atoms with Gasteiger partial charge in [-0.15, -0.1) is 0 Å². The molecule has 2 atom stereocenters. The van der Waals surface area contributed by atoms with E-state index in [2.05, 4.69) is 50.2 Å². The standard InChI is InChI=1S/C45H49N7O8/c1-26-30(25-53)21-29(42(56)49-33-14-13-27-11-12-28(22-32(27)33)35-24-51-19-5-9-38(51)48-35)23-37(26)60-20-6-18-47-39(54)10-2-3-17-46-34-8-4-7-31-41(34)45(59)52(44(31)58)36-15-16-40(55)50-43(36)57/h4,7-8,11-12,21-24,33,36,46,53H,2-3,5-6,9-10,13-20,25H2,1H3,(H,47,54)(H,49,56)(H,50,55,57)/t33-,36?/m1/s1. The van der Waals surface area contributed by atoms with Crippen LogP contribution < -0.4 is 26.0 Å². The molecular formula is C45H49N7O8. The number of hydrogen-bond donors (Lipinski definition) is 5. The van der Waals surface area contributed by atoms with Crippen LogP contribution in [0, 0.1) is 6.92 Å². The van der Waals surface area contributed by atoms with E-state index in [-0.39, 0.29) is 48.4 Å². The Kier molecular flexibility index (Phi) is 11.8. The largest absolute Gasteiger partial charge is 0.493 e. The average Bonchev–Trinajstić information content (AvgIpc) is 4.02. The number of amides is 6. The van der Waals surface area contributed by atoms with Crippen molar-refractivity contribution in [1.29, 1.82) is 0 Å². The van der Waals surface area contributed by atoms with Crippen LogP contribution in [0.4, 0.5) is 5.69 Å². The van der Waals surface area contributed by atoms with Crippen LogP contribution in [-0.4, -0.2) is 80.7 Å². The lowest BCUT2D eigenvalue weighted by molar-refractivity contribution is -0.136. The van der Waals surface area contributed by atoms with Crippen LogP contribution in [-0.2, 0) is 40.4 Å². The second-order valence-corrected chi connectivity index (χ2v) is 15.8. The number of piperidine rings is 1. The molecule has 4 heterocycles. The summed E-state index contributed by atoms with van der Waals surface area (Å²) >= 11 is 0. The third-order valence-corrected chi connectivity index (χ3v) is 11.9. The number of unbranched alkanes of at least 4 members (excludes halogenated alkanes) is 1. The quantitative estimate of drug-likeness (QED) is 0.0803. The predicted octanol–water partition coefficient (Wildman–Crippen LogP) is 4.28. The summed E-state index contributed by atoms with van der Waals surface area (Å²) in [5.41, 5.74) is 6.96. The van der Waals surface area contributed by atoms with Gasteiger partial charge in [-0.1, -0.05) is 18.2 Å². The van der Waals surface area contributed by atoms with E-state index in [9.17, 15) is 33.9 Å². The van der Waals surface area contributed by atoms with Crippen LogP contribution in [0.25, 0.3) is 11.3 Å². The monoisotopic (exact) mass is 815 g/mol. The van der Waals surface area contributed by atoms with Gasteiger partial charge in [0.25, 0.3) is 17.7 Å². The predicted molar refractivity (Wildman–Crippen MR) is 220 cm³/mol. The third-order valence-electron chi connectivity index (χ3n) is 11.9. The number of imidazole rings is 1. The Morgan fingerprint density at radius 2 is 1.83 bits per heavy atom. The van der Waals surface area contributed by atoms with E-state index in [1.807, 2.05) is 6.92 Å². The summed E-state index contributed by atoms with van der Waals surface area (Å²) in [4.78, 5) is 82.4. The number of aliphatic hydroxyl groups excluding tert-OH is 1. The van der Waals surface area contributed by atoms with Crippen molar-refractivity contribution in [1.82, 2.24) is 30.4 Å². The van der Waals surface area contributed by atoms with Gasteiger partial charge in [0.15, 0.2) is 0 Å². The number of nitrogens with zero attached hydrogens (tertiary/aromatic N) is 3. The summed E-state index contributed by atoms with van der Waals surface area (Å²) in [5.74, 6) is -0.954. The van der Waals surface area contributed by atoms with Gasteiger partial charge in [-0.2, -0.15) is 0 Å². The molecule has 1 aromatic heterocycles. The molecule has 60 heavy (non-hydrogen) atoms. The summed E-state index contributed by atoms with van der Waals surface area (Å²) in [5, 5.41) is 21.6. The van der Waals surface area contributed by atoms with Crippen molar-refractivity contribution in [2.24, 2.45) is 0 Å². The molecule has 15 nitrogen and oxygen atoms in total. The Labute approximate surface area is 347 Å². The molecule has 15 heteroatoms. The molecule has 0 radical (unpaired) electrons. The van der Waals surface area contributed by atoms with E-state index < -0.39 is 29.7 Å². The molecule has 3 aliphatic heterocycles. The maximum absolute atomic E-state index is 13.6. The first kappa shape index (κ1) is 40.4. The van der Waals surface area contributed by atoms with Crippen LogP contribution in [0.3, 0.4) is 0 Å². The van der Waals surface area contributed by atoms with Crippen molar-refractivity contribution >= 4 is 41.1 Å². The number of anilines is 1. The molecule has 0 spiro atoms. The Balaban J connectivity index is 0.772. The maximum Gasteiger partial charge on any atom is 0.264 e. The van der Waals surface area contributed by atoms with Crippen molar-refractivity contribution < 1.29 is 38.6 Å². The molecular weight excluding hydrogens is 767 g/mol. The molecule has 5 N–H and O–H groups in total. The van der Waals surface area contributed by atoms with Crippen molar-refractivity contribution in [2.75, 3.05) is 25.0 Å². The topological polar surface area (TPSA) is 201 Å². The smallest absolute Gasteiger partial charge is 0.264 e. The minimum Gasteiger partial charge on any atom is -0.493 e. The number of aliphatic hydroxyl groups is 1. The highest BCUT2D eigenvalue weighted by Gasteiger charge is 2.45. The molecule has 1 unspecified atom stereocenters. The normalized spacial score (nSPS) is 17.9. The Morgan fingerprint density at radius 3 is 2.65 bits per heavy atom. The summed E-state index contributed by atoms with van der Waals surface area (Å²) in [6.45, 7) is 3.74. The molecule has 4 aromatic rings. The molecule has 3 aromatic carbocycles. The van der Waals surface area contributed by atoms with Gasteiger partial charge < -0.3 is 30.4 Å². The average molecular weight is 816 g/mol. The molecule has 0 bridgehead atoms. The molecule has 4 aliphatic rings. The van der Waals surface area contributed by atoms with Gasteiger partial charge in [0, 0.05) is 61.9 Å². The van der Waals surface area contributed by atoms with Gasteiger partial charge in [0.2, 0.25) is 17.7 Å². The highest BCUT2D eigenvalue weighted by Crippen LogP contribution is 2.36. The van der Waals surface area contributed by atoms with Crippen molar-refractivity contribution in [3.8, 4) is 17.0 Å². The number of ether oxygens (including phenoxy) is 1. The van der Waals surface area contributed by atoms with Gasteiger partial charge in [-0.25, -0.2) is 4.98 Å². The number of nitrogens with one attached hydrogen (secondary N) is 4. The van der Waals surface area contributed by atoms with E-state index in [4.69, 9.17) is 9.72 Å². The fourth-order valence-electron chi connectivity index (χ4n) is 8.60. The first-order valence-electron chi connectivity index (χ1n) is 20.8. The zero-order valence-electron chi connectivity index (χ0n) is 33.6.